The van der Waals surface area contributed by atoms with E-state index in [2.05, 4.69) is 27.7 Å². The van der Waals surface area contributed by atoms with Crippen molar-refractivity contribution in [2.24, 2.45) is 29.6 Å². The van der Waals surface area contributed by atoms with Gasteiger partial charge in [0.1, 0.15) is 5.78 Å². The maximum atomic E-state index is 11.7. The number of Topliss-reactive ketones (excluding diaryl/α,β-unsaturated/α-hetero) is 1. The maximum absolute atomic E-state index is 11.7. The molecule has 1 rings (SSSR count). The van der Waals surface area contributed by atoms with Crippen LogP contribution in [-0.2, 0) is 4.79 Å². The Kier molecular flexibility index (Phi) is 3.71. The monoisotopic (exact) mass is 198 g/mol. The first kappa shape index (κ1) is 11.7. The van der Waals surface area contributed by atoms with Crippen LogP contribution in [0, 0.1) is 29.6 Å². The summed E-state index contributed by atoms with van der Waals surface area (Å²) < 4.78 is 0. The van der Waals surface area contributed by atoms with Crippen LogP contribution < -0.4 is 0 Å². The molecule has 0 aliphatic heterocycles. The SMILES string of the molecule is CC(C)[C@H]1[C@@H](C(C)C)CC(=O)[C@@H]1CO. The minimum Gasteiger partial charge on any atom is -0.396 e. The molecule has 2 heteroatoms. The predicted octanol–water partition coefficient (Wildman–Crippen LogP) is 2.11. The quantitative estimate of drug-likeness (QED) is 0.754. The molecule has 1 fully saturated rings. The summed E-state index contributed by atoms with van der Waals surface area (Å²) in [6.07, 6.45) is 0.672. The lowest BCUT2D eigenvalue weighted by Crippen LogP contribution is -2.27. The number of ketones is 1. The van der Waals surface area contributed by atoms with Gasteiger partial charge in [-0.05, 0) is 23.7 Å². The number of aliphatic hydroxyl groups excluding tert-OH is 1. The molecule has 1 saturated carbocycles. The lowest BCUT2D eigenvalue weighted by atomic mass is 9.76. The summed E-state index contributed by atoms with van der Waals surface area (Å²) in [6, 6.07) is 0. The Morgan fingerprint density at radius 3 is 2.21 bits per heavy atom. The van der Waals surface area contributed by atoms with E-state index < -0.39 is 0 Å². The van der Waals surface area contributed by atoms with E-state index in [4.69, 9.17) is 0 Å². The average molecular weight is 198 g/mol. The van der Waals surface area contributed by atoms with Gasteiger partial charge in [0.15, 0.2) is 0 Å². The molecular formula is C12H22O2. The molecule has 0 heterocycles. The number of carbonyl (C=O) groups is 1. The van der Waals surface area contributed by atoms with Gasteiger partial charge in [-0.15, -0.1) is 0 Å². The van der Waals surface area contributed by atoms with Gasteiger partial charge >= 0.3 is 0 Å². The Balaban J connectivity index is 2.85. The van der Waals surface area contributed by atoms with Crippen molar-refractivity contribution in [1.82, 2.24) is 0 Å². The fourth-order valence-corrected chi connectivity index (χ4v) is 2.90. The molecule has 1 aliphatic rings. The zero-order valence-electron chi connectivity index (χ0n) is 9.66. The lowest BCUT2D eigenvalue weighted by Gasteiger charge is -2.28. The Morgan fingerprint density at radius 2 is 1.86 bits per heavy atom. The van der Waals surface area contributed by atoms with Gasteiger partial charge in [-0.25, -0.2) is 0 Å². The molecular weight excluding hydrogens is 176 g/mol. The van der Waals surface area contributed by atoms with Crippen molar-refractivity contribution in [1.29, 1.82) is 0 Å². The summed E-state index contributed by atoms with van der Waals surface area (Å²) >= 11 is 0. The number of hydrogen-bond acceptors (Lipinski definition) is 2. The third kappa shape index (κ3) is 2.00. The molecule has 14 heavy (non-hydrogen) atoms. The number of rotatable bonds is 3. The van der Waals surface area contributed by atoms with Gasteiger partial charge in [0.25, 0.3) is 0 Å². The van der Waals surface area contributed by atoms with Crippen LogP contribution in [0.4, 0.5) is 0 Å². The van der Waals surface area contributed by atoms with E-state index in [1.165, 1.54) is 0 Å². The van der Waals surface area contributed by atoms with Crippen molar-refractivity contribution in [2.45, 2.75) is 34.1 Å². The van der Waals surface area contributed by atoms with Crippen LogP contribution >= 0.6 is 0 Å². The molecule has 0 amide bonds. The van der Waals surface area contributed by atoms with Crippen molar-refractivity contribution in [3.8, 4) is 0 Å². The Bertz CT molecular complexity index is 208. The van der Waals surface area contributed by atoms with Crippen LogP contribution in [0.2, 0.25) is 0 Å². The van der Waals surface area contributed by atoms with Crippen LogP contribution in [0.15, 0.2) is 0 Å². The Labute approximate surface area is 86.7 Å². The van der Waals surface area contributed by atoms with Gasteiger partial charge in [-0.1, -0.05) is 27.7 Å². The summed E-state index contributed by atoms with van der Waals surface area (Å²) in [7, 11) is 0. The van der Waals surface area contributed by atoms with Crippen molar-refractivity contribution >= 4 is 5.78 Å². The number of aliphatic hydroxyl groups is 1. The fraction of sp³-hybridized carbons (Fsp3) is 0.917. The van der Waals surface area contributed by atoms with E-state index in [1.54, 1.807) is 0 Å². The van der Waals surface area contributed by atoms with Crippen molar-refractivity contribution in [3.05, 3.63) is 0 Å². The number of carbonyl (C=O) groups excluding carboxylic acids is 1. The highest BCUT2D eigenvalue weighted by atomic mass is 16.3. The van der Waals surface area contributed by atoms with Crippen LogP contribution in [0.5, 0.6) is 0 Å². The molecule has 0 aromatic rings. The highest BCUT2D eigenvalue weighted by Crippen LogP contribution is 2.42. The summed E-state index contributed by atoms with van der Waals surface area (Å²) in [5.41, 5.74) is 0. The molecule has 3 atom stereocenters. The summed E-state index contributed by atoms with van der Waals surface area (Å²) in [6.45, 7) is 8.69. The second-order valence-corrected chi connectivity index (χ2v) is 5.19. The number of hydrogen-bond donors (Lipinski definition) is 1. The van der Waals surface area contributed by atoms with Gasteiger partial charge in [0.05, 0.1) is 6.61 Å². The van der Waals surface area contributed by atoms with Gasteiger partial charge in [0.2, 0.25) is 0 Å². The van der Waals surface area contributed by atoms with E-state index in [0.717, 1.165) is 0 Å². The molecule has 1 N–H and O–H groups in total. The van der Waals surface area contributed by atoms with Crippen molar-refractivity contribution < 1.29 is 9.90 Å². The normalized spacial score (nSPS) is 33.4. The summed E-state index contributed by atoms with van der Waals surface area (Å²) in [5.74, 6) is 2.06. The van der Waals surface area contributed by atoms with Crippen LogP contribution in [0.1, 0.15) is 34.1 Å². The van der Waals surface area contributed by atoms with Gasteiger partial charge in [-0.3, -0.25) is 4.79 Å². The third-order valence-electron chi connectivity index (χ3n) is 3.63. The second-order valence-electron chi connectivity index (χ2n) is 5.19. The molecule has 1 aliphatic carbocycles. The zero-order chi connectivity index (χ0) is 10.9. The van der Waals surface area contributed by atoms with Crippen LogP contribution in [0.3, 0.4) is 0 Å². The Morgan fingerprint density at radius 1 is 1.29 bits per heavy atom. The van der Waals surface area contributed by atoms with Gasteiger partial charge in [-0.2, -0.15) is 0 Å². The molecule has 0 aromatic heterocycles. The van der Waals surface area contributed by atoms with Crippen LogP contribution in [-0.4, -0.2) is 17.5 Å². The van der Waals surface area contributed by atoms with Crippen LogP contribution in [0.25, 0.3) is 0 Å². The highest BCUT2D eigenvalue weighted by Gasteiger charge is 2.44. The zero-order valence-corrected chi connectivity index (χ0v) is 9.66. The van der Waals surface area contributed by atoms with E-state index in [-0.39, 0.29) is 18.3 Å². The molecule has 0 spiro atoms. The predicted molar refractivity (Wildman–Crippen MR) is 56.9 cm³/mol. The smallest absolute Gasteiger partial charge is 0.138 e. The molecule has 82 valence electrons. The molecule has 2 nitrogen and oxygen atoms in total. The average Bonchev–Trinajstić information content (AvgIpc) is 2.42. The van der Waals surface area contributed by atoms with E-state index in [9.17, 15) is 9.90 Å². The van der Waals surface area contributed by atoms with E-state index in [0.29, 0.717) is 30.1 Å². The minimum absolute atomic E-state index is 0.0326. The largest absolute Gasteiger partial charge is 0.396 e. The van der Waals surface area contributed by atoms with E-state index >= 15 is 0 Å². The third-order valence-corrected chi connectivity index (χ3v) is 3.63. The molecule has 0 aromatic carbocycles. The summed E-state index contributed by atoms with van der Waals surface area (Å²) in [4.78, 5) is 11.7. The van der Waals surface area contributed by atoms with Gasteiger partial charge < -0.3 is 5.11 Å². The first-order valence-corrected chi connectivity index (χ1v) is 5.62. The molecule has 0 saturated heterocycles. The standard InChI is InChI=1S/C12H22O2/c1-7(2)9-5-11(14)10(6-13)12(9)8(3)4/h7-10,12-13H,5-6H2,1-4H3/t9-,10+,12+/m1/s1. The lowest BCUT2D eigenvalue weighted by molar-refractivity contribution is -0.122. The Hall–Kier alpha value is -0.370. The molecule has 0 bridgehead atoms. The summed E-state index contributed by atoms with van der Waals surface area (Å²) in [5, 5.41) is 9.23. The minimum atomic E-state index is -0.0950. The fourth-order valence-electron chi connectivity index (χ4n) is 2.90. The first-order valence-electron chi connectivity index (χ1n) is 5.62. The molecule has 0 unspecified atom stereocenters. The molecule has 0 radical (unpaired) electrons. The highest BCUT2D eigenvalue weighted by molar-refractivity contribution is 5.84. The van der Waals surface area contributed by atoms with E-state index in [1.807, 2.05) is 0 Å². The second kappa shape index (κ2) is 4.43. The van der Waals surface area contributed by atoms with Gasteiger partial charge in [0, 0.05) is 12.3 Å². The topological polar surface area (TPSA) is 37.3 Å². The van der Waals surface area contributed by atoms with Crippen molar-refractivity contribution in [2.75, 3.05) is 6.61 Å². The maximum Gasteiger partial charge on any atom is 0.138 e. The van der Waals surface area contributed by atoms with Crippen molar-refractivity contribution in [3.63, 3.8) is 0 Å². The first-order chi connectivity index (χ1) is 6.49.